The van der Waals surface area contributed by atoms with Crippen molar-refractivity contribution in [3.8, 4) is 22.3 Å². The normalized spacial score (nSPS) is 13.0. The zero-order chi connectivity index (χ0) is 27.9. The van der Waals surface area contributed by atoms with Crippen LogP contribution < -0.4 is 5.32 Å². The van der Waals surface area contributed by atoms with Crippen molar-refractivity contribution >= 4 is 22.1 Å². The van der Waals surface area contributed by atoms with E-state index in [4.69, 9.17) is 0 Å². The Morgan fingerprint density at radius 2 is 0.857 bits per heavy atom. The molecule has 0 unspecified atom stereocenters. The van der Waals surface area contributed by atoms with E-state index in [9.17, 15) is 0 Å². The fourth-order valence-corrected chi connectivity index (χ4v) is 6.89. The molecule has 1 nitrogen and oxygen atoms in total. The summed E-state index contributed by atoms with van der Waals surface area (Å²) in [6.07, 6.45) is 0. The van der Waals surface area contributed by atoms with Crippen LogP contribution in [0.1, 0.15) is 22.3 Å². The first-order valence-corrected chi connectivity index (χ1v) is 14.5. The molecule has 1 N–H and O–H groups in total. The molecule has 0 aromatic heterocycles. The Kier molecular flexibility index (Phi) is 5.75. The van der Waals surface area contributed by atoms with Gasteiger partial charge < -0.3 is 5.32 Å². The number of benzene rings is 7. The number of fused-ring (bicyclic) bond motifs is 4. The number of nitrogens with one attached hydrogen (secondary N) is 1. The molecule has 0 spiro atoms. The molecule has 0 aliphatic heterocycles. The molecule has 7 aromatic rings. The summed E-state index contributed by atoms with van der Waals surface area (Å²) in [4.78, 5) is 0. The molecular formula is C41H29N. The van der Waals surface area contributed by atoms with Gasteiger partial charge in [-0.3, -0.25) is 0 Å². The van der Waals surface area contributed by atoms with Crippen molar-refractivity contribution in [2.24, 2.45) is 0 Å². The molecule has 0 fully saturated rings. The summed E-state index contributed by atoms with van der Waals surface area (Å²) in [7, 11) is 0. The van der Waals surface area contributed by atoms with Gasteiger partial charge in [-0.2, -0.15) is 0 Å². The maximum atomic E-state index is 3.63. The fraction of sp³-hybridized carbons (Fsp3) is 0.0244. The minimum atomic E-state index is -0.368. The van der Waals surface area contributed by atoms with E-state index in [-0.39, 0.29) is 5.41 Å². The van der Waals surface area contributed by atoms with Crippen molar-refractivity contribution in [1.82, 2.24) is 0 Å². The third kappa shape index (κ3) is 3.78. The van der Waals surface area contributed by atoms with Crippen molar-refractivity contribution in [3.63, 3.8) is 0 Å². The highest BCUT2D eigenvalue weighted by Gasteiger charge is 2.45. The van der Waals surface area contributed by atoms with E-state index in [2.05, 4.69) is 175 Å². The first-order chi connectivity index (χ1) is 20.8. The molecule has 42 heavy (non-hydrogen) atoms. The molecule has 0 amide bonds. The van der Waals surface area contributed by atoms with Gasteiger partial charge in [0, 0.05) is 11.4 Å². The molecule has 0 bridgehead atoms. The van der Waals surface area contributed by atoms with Gasteiger partial charge >= 0.3 is 0 Å². The smallest absolute Gasteiger partial charge is 0.0713 e. The van der Waals surface area contributed by atoms with Crippen molar-refractivity contribution in [2.75, 3.05) is 5.32 Å². The second kappa shape index (κ2) is 9.90. The van der Waals surface area contributed by atoms with Gasteiger partial charge in [0.05, 0.1) is 5.41 Å². The minimum Gasteiger partial charge on any atom is -0.356 e. The summed E-state index contributed by atoms with van der Waals surface area (Å²) in [5.74, 6) is 0. The van der Waals surface area contributed by atoms with Gasteiger partial charge in [-0.05, 0) is 79.5 Å². The Labute approximate surface area is 246 Å². The summed E-state index contributed by atoms with van der Waals surface area (Å²) in [5, 5.41) is 6.17. The van der Waals surface area contributed by atoms with Crippen LogP contribution in [-0.4, -0.2) is 0 Å². The summed E-state index contributed by atoms with van der Waals surface area (Å²) >= 11 is 0. The summed E-state index contributed by atoms with van der Waals surface area (Å²) in [5.41, 5.74) is 12.1. The molecule has 0 radical (unpaired) electrons. The molecule has 0 saturated heterocycles. The Morgan fingerprint density at radius 1 is 0.357 bits per heavy atom. The van der Waals surface area contributed by atoms with Crippen LogP contribution in [0.2, 0.25) is 0 Å². The molecule has 198 valence electrons. The molecule has 1 heteroatoms. The van der Waals surface area contributed by atoms with Gasteiger partial charge in [-0.1, -0.05) is 146 Å². The maximum absolute atomic E-state index is 3.63. The standard InChI is InChI=1S/C41H29N/c1-2-13-31(14-3-1)41(39-19-8-6-16-37(39)38-17-7-9-20-40(38)41)32-23-27-34(28-24-32)42-33-25-21-30(22-26-33)36-18-10-12-29-11-4-5-15-35(29)36/h1-28,42H. The van der Waals surface area contributed by atoms with Crippen LogP contribution in [0.4, 0.5) is 11.4 Å². The Morgan fingerprint density at radius 3 is 1.55 bits per heavy atom. The van der Waals surface area contributed by atoms with Gasteiger partial charge in [0.2, 0.25) is 0 Å². The summed E-state index contributed by atoms with van der Waals surface area (Å²) in [6, 6.07) is 61.5. The first kappa shape index (κ1) is 24.4. The summed E-state index contributed by atoms with van der Waals surface area (Å²) < 4.78 is 0. The molecule has 1 aliphatic carbocycles. The van der Waals surface area contributed by atoms with E-state index in [1.807, 2.05) is 0 Å². The third-order valence-corrected chi connectivity index (χ3v) is 8.75. The average Bonchev–Trinajstić information content (AvgIpc) is 3.37. The number of hydrogen-bond acceptors (Lipinski definition) is 1. The molecule has 0 saturated carbocycles. The van der Waals surface area contributed by atoms with E-state index in [0.717, 1.165) is 11.4 Å². The van der Waals surface area contributed by atoms with Gasteiger partial charge in [0.1, 0.15) is 0 Å². The SMILES string of the molecule is c1ccc(C2(c3ccc(Nc4ccc(-c5cccc6ccccc56)cc4)cc3)c3ccccc3-c3ccccc32)cc1. The van der Waals surface area contributed by atoms with Crippen LogP contribution in [0.5, 0.6) is 0 Å². The fourth-order valence-electron chi connectivity index (χ4n) is 6.89. The summed E-state index contributed by atoms with van der Waals surface area (Å²) in [6.45, 7) is 0. The lowest BCUT2D eigenvalue weighted by Gasteiger charge is -2.34. The van der Waals surface area contributed by atoms with Crippen molar-refractivity contribution in [1.29, 1.82) is 0 Å². The van der Waals surface area contributed by atoms with Crippen molar-refractivity contribution in [2.45, 2.75) is 5.41 Å². The zero-order valence-corrected chi connectivity index (χ0v) is 23.2. The topological polar surface area (TPSA) is 12.0 Å². The van der Waals surface area contributed by atoms with Crippen LogP contribution in [0, 0.1) is 0 Å². The average molecular weight is 536 g/mol. The Balaban J connectivity index is 1.16. The van der Waals surface area contributed by atoms with E-state index >= 15 is 0 Å². The van der Waals surface area contributed by atoms with Crippen molar-refractivity contribution in [3.05, 3.63) is 192 Å². The molecular weight excluding hydrogens is 506 g/mol. The van der Waals surface area contributed by atoms with Gasteiger partial charge in [0.15, 0.2) is 0 Å². The van der Waals surface area contributed by atoms with Crippen LogP contribution in [-0.2, 0) is 5.41 Å². The van der Waals surface area contributed by atoms with Gasteiger partial charge in [-0.25, -0.2) is 0 Å². The highest BCUT2D eigenvalue weighted by atomic mass is 14.9. The van der Waals surface area contributed by atoms with Gasteiger partial charge in [0.25, 0.3) is 0 Å². The number of rotatable bonds is 5. The number of anilines is 2. The Hall–Kier alpha value is -5.40. The maximum Gasteiger partial charge on any atom is 0.0713 e. The predicted molar refractivity (Wildman–Crippen MR) is 176 cm³/mol. The van der Waals surface area contributed by atoms with Crippen LogP contribution >= 0.6 is 0 Å². The Bertz CT molecular complexity index is 1990. The van der Waals surface area contributed by atoms with Crippen LogP contribution in [0.25, 0.3) is 33.0 Å². The monoisotopic (exact) mass is 535 g/mol. The highest BCUT2D eigenvalue weighted by Crippen LogP contribution is 2.56. The largest absolute Gasteiger partial charge is 0.356 e. The second-order valence-electron chi connectivity index (χ2n) is 11.0. The third-order valence-electron chi connectivity index (χ3n) is 8.75. The van der Waals surface area contributed by atoms with Crippen LogP contribution in [0.15, 0.2) is 170 Å². The van der Waals surface area contributed by atoms with E-state index < -0.39 is 0 Å². The molecule has 8 rings (SSSR count). The number of hydrogen-bond donors (Lipinski definition) is 1. The molecule has 7 aromatic carbocycles. The minimum absolute atomic E-state index is 0.368. The van der Waals surface area contributed by atoms with E-state index in [0.29, 0.717) is 0 Å². The lowest BCUT2D eigenvalue weighted by Crippen LogP contribution is -2.28. The van der Waals surface area contributed by atoms with E-state index in [1.165, 1.54) is 55.3 Å². The lowest BCUT2D eigenvalue weighted by molar-refractivity contribution is 0.768. The van der Waals surface area contributed by atoms with Crippen molar-refractivity contribution < 1.29 is 0 Å². The van der Waals surface area contributed by atoms with Crippen LogP contribution in [0.3, 0.4) is 0 Å². The first-order valence-electron chi connectivity index (χ1n) is 14.5. The predicted octanol–water partition coefficient (Wildman–Crippen LogP) is 10.6. The molecule has 1 aliphatic rings. The quantitative estimate of drug-likeness (QED) is 0.231. The lowest BCUT2D eigenvalue weighted by atomic mass is 9.68. The van der Waals surface area contributed by atoms with Gasteiger partial charge in [-0.15, -0.1) is 0 Å². The second-order valence-corrected chi connectivity index (χ2v) is 11.0. The zero-order valence-electron chi connectivity index (χ0n) is 23.2. The van der Waals surface area contributed by atoms with E-state index in [1.54, 1.807) is 0 Å². The molecule has 0 heterocycles. The molecule has 0 atom stereocenters. The highest BCUT2D eigenvalue weighted by molar-refractivity contribution is 5.96.